The first-order valence-electron chi connectivity index (χ1n) is 18.3. The summed E-state index contributed by atoms with van der Waals surface area (Å²) in [5.41, 5.74) is 0. The molecule has 48 heavy (non-hydrogen) atoms. The maximum absolute atomic E-state index is 13.1. The van der Waals surface area contributed by atoms with E-state index in [-0.39, 0.29) is 24.8 Å². The van der Waals surface area contributed by atoms with Crippen LogP contribution in [-0.2, 0) is 19.2 Å². The Kier molecular flexibility index (Phi) is 16.2. The predicted octanol–water partition coefficient (Wildman–Crippen LogP) is 1.93. The highest BCUT2D eigenvalue weighted by atomic mass is 16.3. The third-order valence-electron chi connectivity index (χ3n) is 9.77. The second kappa shape index (κ2) is 20.8. The lowest BCUT2D eigenvalue weighted by molar-refractivity contribution is -0.130. The van der Waals surface area contributed by atoms with Crippen LogP contribution in [0, 0.1) is 5.92 Å². The zero-order valence-corrected chi connectivity index (χ0v) is 28.6. The lowest BCUT2D eigenvalue weighted by Gasteiger charge is -2.28. The lowest BCUT2D eigenvalue weighted by atomic mass is 9.84. The van der Waals surface area contributed by atoms with Gasteiger partial charge < -0.3 is 40.8 Å². The topological polar surface area (TPSA) is 165 Å². The first-order valence-corrected chi connectivity index (χ1v) is 18.3. The van der Waals surface area contributed by atoms with Crippen molar-refractivity contribution in [2.45, 2.75) is 102 Å². The van der Waals surface area contributed by atoms with Crippen molar-refractivity contribution >= 4 is 29.5 Å². The Morgan fingerprint density at radius 3 is 2.00 bits per heavy atom. The van der Waals surface area contributed by atoms with Crippen molar-refractivity contribution in [3.63, 3.8) is 0 Å². The van der Waals surface area contributed by atoms with E-state index in [2.05, 4.69) is 36.4 Å². The molecule has 1 aromatic heterocycles. The molecule has 1 unspecified atom stereocenters. The quantitative estimate of drug-likeness (QED) is 0.158. The maximum atomic E-state index is 13.1. The van der Waals surface area contributed by atoms with Gasteiger partial charge in [0.2, 0.25) is 23.6 Å². The third-order valence-corrected chi connectivity index (χ3v) is 9.77. The first kappa shape index (κ1) is 37.4. The fourth-order valence-corrected chi connectivity index (χ4v) is 7.02. The lowest BCUT2D eigenvalue weighted by Crippen LogP contribution is -2.52. The average molecular weight is 672 g/mol. The normalized spacial score (nSPS) is 19.1. The fourth-order valence-electron chi connectivity index (χ4n) is 7.02. The van der Waals surface area contributed by atoms with Crippen molar-refractivity contribution in [3.05, 3.63) is 24.2 Å². The number of hydrogen-bond acceptors (Lipinski definition) is 8. The summed E-state index contributed by atoms with van der Waals surface area (Å²) in [6, 6.07) is 1.62. The van der Waals surface area contributed by atoms with Gasteiger partial charge in [-0.3, -0.25) is 24.0 Å². The van der Waals surface area contributed by atoms with Crippen LogP contribution in [0.4, 0.5) is 0 Å². The Labute approximate surface area is 285 Å². The average Bonchev–Trinajstić information content (AvgIpc) is 3.66. The highest BCUT2D eigenvalue weighted by Crippen LogP contribution is 2.27. The van der Waals surface area contributed by atoms with Crippen LogP contribution in [0.2, 0.25) is 0 Å². The largest absolute Gasteiger partial charge is 0.459 e. The number of amides is 5. The zero-order chi connectivity index (χ0) is 34.0. The van der Waals surface area contributed by atoms with Crippen molar-refractivity contribution < 1.29 is 28.4 Å². The van der Waals surface area contributed by atoms with Gasteiger partial charge in [0.15, 0.2) is 5.76 Å². The summed E-state index contributed by atoms with van der Waals surface area (Å²) in [7, 11) is 0. The van der Waals surface area contributed by atoms with E-state index in [1.807, 2.05) is 0 Å². The van der Waals surface area contributed by atoms with Gasteiger partial charge in [-0.25, -0.2) is 0 Å². The Bertz CT molecular complexity index is 1140. The summed E-state index contributed by atoms with van der Waals surface area (Å²) in [6.45, 7) is 5.76. The summed E-state index contributed by atoms with van der Waals surface area (Å²) in [4.78, 5) is 69.2. The van der Waals surface area contributed by atoms with Crippen molar-refractivity contribution in [1.82, 2.24) is 36.4 Å². The molecule has 13 heteroatoms. The summed E-state index contributed by atoms with van der Waals surface area (Å²) < 4.78 is 5.18. The standard InChI is InChI=1S/C35H57N7O6/c43-31(25-38-34(46)29(24-27-12-4-1-5-13-27)40-35(47)30-15-11-23-48-30)37-26-32(44)39-28(14-10-21-41-17-6-2-7-18-41)33(45)36-16-22-42-19-8-3-9-20-42/h11,15,23,27-29H,1-10,12-14,16-22,24-26H2,(H,36,45)(H,37,43)(H,38,46)(H,39,44)(H,40,47)/t28?,29-/m0/s1. The van der Waals surface area contributed by atoms with Crippen LogP contribution < -0.4 is 26.6 Å². The summed E-state index contributed by atoms with van der Waals surface area (Å²) in [6.07, 6.45) is 15.8. The molecule has 1 aromatic rings. The van der Waals surface area contributed by atoms with E-state index in [1.54, 1.807) is 6.07 Å². The Morgan fingerprint density at radius 2 is 1.33 bits per heavy atom. The molecule has 0 aromatic carbocycles. The van der Waals surface area contributed by atoms with E-state index in [4.69, 9.17) is 4.42 Å². The first-order chi connectivity index (χ1) is 23.4. The van der Waals surface area contributed by atoms with E-state index in [0.717, 1.165) is 71.4 Å². The summed E-state index contributed by atoms with van der Waals surface area (Å²) >= 11 is 0. The molecule has 0 bridgehead atoms. The molecule has 5 amide bonds. The minimum Gasteiger partial charge on any atom is -0.459 e. The Balaban J connectivity index is 1.21. The van der Waals surface area contributed by atoms with Gasteiger partial charge in [-0.05, 0) is 95.7 Å². The van der Waals surface area contributed by atoms with E-state index >= 15 is 0 Å². The van der Waals surface area contributed by atoms with E-state index in [9.17, 15) is 24.0 Å². The van der Waals surface area contributed by atoms with Crippen molar-refractivity contribution in [2.24, 2.45) is 5.92 Å². The summed E-state index contributed by atoms with van der Waals surface area (Å²) in [5.74, 6) is -1.75. The number of nitrogens with zero attached hydrogens (tertiary/aromatic N) is 2. The highest BCUT2D eigenvalue weighted by molar-refractivity contribution is 5.96. The number of carbonyl (C=O) groups is 5. The molecular weight excluding hydrogens is 614 g/mol. The van der Waals surface area contributed by atoms with Gasteiger partial charge >= 0.3 is 0 Å². The van der Waals surface area contributed by atoms with Crippen LogP contribution >= 0.6 is 0 Å². The maximum Gasteiger partial charge on any atom is 0.287 e. The molecule has 1 saturated carbocycles. The SMILES string of the molecule is O=C(CNC(=O)[C@H](CC1CCCCC1)NC(=O)c1ccco1)NCC(=O)NC(CCCN1CCCCC1)C(=O)NCCN1CCCCC1. The zero-order valence-electron chi connectivity index (χ0n) is 28.6. The van der Waals surface area contributed by atoms with Crippen LogP contribution in [-0.4, -0.2) is 110 Å². The fraction of sp³-hybridized carbons (Fsp3) is 0.743. The third kappa shape index (κ3) is 13.6. The number of likely N-dealkylation sites (tertiary alicyclic amines) is 2. The van der Waals surface area contributed by atoms with E-state index in [0.29, 0.717) is 25.3 Å². The Morgan fingerprint density at radius 1 is 0.708 bits per heavy atom. The molecule has 2 aliphatic heterocycles. The van der Waals surface area contributed by atoms with Crippen LogP contribution in [0.1, 0.15) is 100 Å². The molecule has 3 heterocycles. The molecule has 0 radical (unpaired) electrons. The second-order valence-corrected chi connectivity index (χ2v) is 13.6. The van der Waals surface area contributed by atoms with Crippen LogP contribution in [0.3, 0.4) is 0 Å². The number of piperidine rings is 2. The van der Waals surface area contributed by atoms with Gasteiger partial charge in [0.25, 0.3) is 5.91 Å². The molecule has 0 spiro atoms. The van der Waals surface area contributed by atoms with Crippen LogP contribution in [0.15, 0.2) is 22.8 Å². The van der Waals surface area contributed by atoms with Gasteiger partial charge in [-0.2, -0.15) is 0 Å². The van der Waals surface area contributed by atoms with Crippen LogP contribution in [0.25, 0.3) is 0 Å². The minimum absolute atomic E-state index is 0.112. The number of furan rings is 1. The van der Waals surface area contributed by atoms with Crippen LogP contribution in [0.5, 0.6) is 0 Å². The number of hydrogen-bond donors (Lipinski definition) is 5. The van der Waals surface area contributed by atoms with Gasteiger partial charge in [0.05, 0.1) is 19.4 Å². The number of nitrogens with one attached hydrogen (secondary N) is 5. The molecule has 2 atom stereocenters. The molecule has 268 valence electrons. The van der Waals surface area contributed by atoms with Gasteiger partial charge in [-0.15, -0.1) is 0 Å². The second-order valence-electron chi connectivity index (χ2n) is 13.6. The molecule has 1 aliphatic carbocycles. The molecule has 5 N–H and O–H groups in total. The highest BCUT2D eigenvalue weighted by Gasteiger charge is 2.28. The minimum atomic E-state index is -0.819. The molecule has 3 fully saturated rings. The molecular formula is C35H57N7O6. The van der Waals surface area contributed by atoms with E-state index < -0.39 is 35.7 Å². The Hall–Kier alpha value is -3.45. The smallest absolute Gasteiger partial charge is 0.287 e. The van der Waals surface area contributed by atoms with Crippen molar-refractivity contribution in [2.75, 3.05) is 58.9 Å². The summed E-state index contributed by atoms with van der Waals surface area (Å²) in [5, 5.41) is 13.7. The molecule has 2 saturated heterocycles. The number of carbonyl (C=O) groups excluding carboxylic acids is 5. The number of rotatable bonds is 18. The van der Waals surface area contributed by atoms with Gasteiger partial charge in [0, 0.05) is 13.1 Å². The van der Waals surface area contributed by atoms with Crippen molar-refractivity contribution in [1.29, 1.82) is 0 Å². The monoisotopic (exact) mass is 671 g/mol. The molecule has 4 rings (SSSR count). The predicted molar refractivity (Wildman–Crippen MR) is 182 cm³/mol. The van der Waals surface area contributed by atoms with Gasteiger partial charge in [0.1, 0.15) is 12.1 Å². The molecule has 13 nitrogen and oxygen atoms in total. The van der Waals surface area contributed by atoms with Crippen molar-refractivity contribution in [3.8, 4) is 0 Å². The molecule has 3 aliphatic rings. The van der Waals surface area contributed by atoms with E-state index in [1.165, 1.54) is 57.3 Å². The van der Waals surface area contributed by atoms with Gasteiger partial charge in [-0.1, -0.05) is 44.9 Å².